The predicted molar refractivity (Wildman–Crippen MR) is 77.5 cm³/mol. The second kappa shape index (κ2) is 6.36. The van der Waals surface area contributed by atoms with Gasteiger partial charge in [-0.05, 0) is 47.1 Å². The Balaban J connectivity index is 1.95. The molecule has 0 spiro atoms. The van der Waals surface area contributed by atoms with Crippen molar-refractivity contribution in [1.82, 2.24) is 5.32 Å². The Morgan fingerprint density at radius 1 is 1.47 bits per heavy atom. The predicted octanol–water partition coefficient (Wildman–Crippen LogP) is 3.53. The maximum atomic E-state index is 11.8. The number of carbonyl (C=O) groups excluding carboxylic acids is 1. The first kappa shape index (κ1) is 14.3. The number of hydrogen-bond acceptors (Lipinski definition) is 4. The van der Waals surface area contributed by atoms with Gasteiger partial charge in [-0.2, -0.15) is 0 Å². The quantitative estimate of drug-likeness (QED) is 0.903. The maximum absolute atomic E-state index is 11.8. The molecule has 2 rings (SSSR count). The zero-order valence-corrected chi connectivity index (χ0v) is 13.0. The molecule has 0 radical (unpaired) electrons. The molecule has 0 aliphatic heterocycles. The van der Waals surface area contributed by atoms with Gasteiger partial charge >= 0.3 is 0 Å². The van der Waals surface area contributed by atoms with Crippen molar-refractivity contribution in [2.45, 2.75) is 13.0 Å². The van der Waals surface area contributed by atoms with Crippen molar-refractivity contribution < 1.29 is 13.9 Å². The minimum absolute atomic E-state index is 0.138. The van der Waals surface area contributed by atoms with Crippen molar-refractivity contribution in [3.8, 4) is 0 Å². The lowest BCUT2D eigenvalue weighted by molar-refractivity contribution is 0.0815. The lowest BCUT2D eigenvalue weighted by atomic mass is 10.2. The number of aryl methyl sites for hydroxylation is 1. The van der Waals surface area contributed by atoms with Gasteiger partial charge in [0.2, 0.25) is 0 Å². The number of rotatable bonds is 5. The van der Waals surface area contributed by atoms with E-state index in [0.29, 0.717) is 11.2 Å². The van der Waals surface area contributed by atoms with Crippen molar-refractivity contribution in [2.24, 2.45) is 0 Å². The fourth-order valence-electron chi connectivity index (χ4n) is 1.64. The summed E-state index contributed by atoms with van der Waals surface area (Å²) in [4.78, 5) is 14.2. The fraction of sp³-hybridized carbons (Fsp3) is 0.308. The van der Waals surface area contributed by atoms with Gasteiger partial charge in [-0.25, -0.2) is 0 Å². The summed E-state index contributed by atoms with van der Waals surface area (Å²) in [5.74, 6) is 0.0325. The molecule has 0 saturated heterocycles. The van der Waals surface area contributed by atoms with Crippen LogP contribution in [0.15, 0.2) is 33.4 Å². The molecule has 4 nitrogen and oxygen atoms in total. The van der Waals surface area contributed by atoms with Crippen molar-refractivity contribution in [3.05, 3.63) is 44.4 Å². The van der Waals surface area contributed by atoms with E-state index < -0.39 is 0 Å². The molecule has 0 fully saturated rings. The average Bonchev–Trinajstić information content (AvgIpc) is 2.99. The van der Waals surface area contributed by atoms with Crippen LogP contribution in [0.1, 0.15) is 26.4 Å². The minimum Gasteiger partial charge on any atom is -0.444 e. The Morgan fingerprint density at radius 2 is 2.26 bits per heavy atom. The Morgan fingerprint density at radius 3 is 2.79 bits per heavy atom. The van der Waals surface area contributed by atoms with E-state index in [1.165, 1.54) is 4.88 Å². The summed E-state index contributed by atoms with van der Waals surface area (Å²) < 4.78 is 11.1. The summed E-state index contributed by atoms with van der Waals surface area (Å²) in [6, 6.07) is 7.36. The summed E-state index contributed by atoms with van der Waals surface area (Å²) in [6.07, 6.45) is -0.138. The third kappa shape index (κ3) is 3.68. The van der Waals surface area contributed by atoms with Crippen LogP contribution in [0.3, 0.4) is 0 Å². The molecule has 2 heterocycles. The summed E-state index contributed by atoms with van der Waals surface area (Å²) in [5.41, 5.74) is 0. The van der Waals surface area contributed by atoms with Gasteiger partial charge in [-0.3, -0.25) is 4.79 Å². The van der Waals surface area contributed by atoms with Crippen LogP contribution in [-0.4, -0.2) is 19.6 Å². The maximum Gasteiger partial charge on any atom is 0.287 e. The van der Waals surface area contributed by atoms with E-state index in [1.807, 2.05) is 19.1 Å². The molecule has 102 valence electrons. The number of thiophene rings is 1. The topological polar surface area (TPSA) is 51.5 Å². The Labute approximate surface area is 123 Å². The van der Waals surface area contributed by atoms with E-state index in [4.69, 9.17) is 9.15 Å². The third-order valence-electron chi connectivity index (χ3n) is 2.61. The number of hydrogen-bond donors (Lipinski definition) is 1. The molecule has 0 bridgehead atoms. The van der Waals surface area contributed by atoms with Gasteiger partial charge in [-0.1, -0.05) is 0 Å². The highest BCUT2D eigenvalue weighted by atomic mass is 79.9. The summed E-state index contributed by atoms with van der Waals surface area (Å²) in [7, 11) is 1.63. The van der Waals surface area contributed by atoms with E-state index in [2.05, 4.69) is 21.2 Å². The Hall–Kier alpha value is -1.11. The first-order chi connectivity index (χ1) is 9.10. The molecule has 6 heteroatoms. The normalized spacial score (nSPS) is 12.4. The molecule has 0 aliphatic carbocycles. The van der Waals surface area contributed by atoms with Gasteiger partial charge in [0, 0.05) is 23.4 Å². The van der Waals surface area contributed by atoms with Crippen LogP contribution in [-0.2, 0) is 4.74 Å². The van der Waals surface area contributed by atoms with Crippen LogP contribution in [0, 0.1) is 6.92 Å². The van der Waals surface area contributed by atoms with Gasteiger partial charge in [-0.15, -0.1) is 11.3 Å². The number of ether oxygens (including phenoxy) is 1. The molecule has 1 N–H and O–H groups in total. The van der Waals surface area contributed by atoms with E-state index in [-0.39, 0.29) is 17.8 Å². The van der Waals surface area contributed by atoms with Crippen LogP contribution in [0.2, 0.25) is 0 Å². The first-order valence-electron chi connectivity index (χ1n) is 5.73. The lowest BCUT2D eigenvalue weighted by Gasteiger charge is -2.13. The van der Waals surface area contributed by atoms with Gasteiger partial charge in [0.25, 0.3) is 5.91 Å². The highest BCUT2D eigenvalue weighted by molar-refractivity contribution is 9.10. The molecule has 1 atom stereocenters. The number of halogens is 1. The molecule has 1 amide bonds. The molecule has 0 saturated carbocycles. The molecule has 1 unspecified atom stereocenters. The van der Waals surface area contributed by atoms with Crippen LogP contribution < -0.4 is 5.32 Å². The summed E-state index contributed by atoms with van der Waals surface area (Å²) >= 11 is 4.83. The van der Waals surface area contributed by atoms with E-state index >= 15 is 0 Å². The van der Waals surface area contributed by atoms with Gasteiger partial charge in [0.05, 0.1) is 0 Å². The van der Waals surface area contributed by atoms with Gasteiger partial charge in [0.1, 0.15) is 6.10 Å². The summed E-state index contributed by atoms with van der Waals surface area (Å²) in [5, 5.41) is 2.80. The lowest BCUT2D eigenvalue weighted by Crippen LogP contribution is -2.28. The number of furan rings is 1. The second-order valence-electron chi connectivity index (χ2n) is 3.99. The van der Waals surface area contributed by atoms with Crippen LogP contribution in [0.25, 0.3) is 0 Å². The number of amides is 1. The van der Waals surface area contributed by atoms with Crippen LogP contribution >= 0.6 is 27.3 Å². The highest BCUT2D eigenvalue weighted by Crippen LogP contribution is 2.24. The first-order valence-corrected chi connectivity index (χ1v) is 7.33. The van der Waals surface area contributed by atoms with Crippen LogP contribution in [0.4, 0.5) is 0 Å². The molecule has 2 aromatic heterocycles. The largest absolute Gasteiger partial charge is 0.444 e. The molecule has 0 aliphatic rings. The van der Waals surface area contributed by atoms with Crippen LogP contribution in [0.5, 0.6) is 0 Å². The Bertz CT molecular complexity index is 564. The van der Waals surface area contributed by atoms with Crippen molar-refractivity contribution in [1.29, 1.82) is 0 Å². The smallest absolute Gasteiger partial charge is 0.287 e. The SMILES string of the molecule is COC(CNC(=O)c1ccc(Br)o1)c1ccc(C)s1. The van der Waals surface area contributed by atoms with Gasteiger partial charge in [0.15, 0.2) is 10.4 Å². The third-order valence-corrected chi connectivity index (χ3v) is 4.13. The van der Waals surface area contributed by atoms with Crippen molar-refractivity contribution in [2.75, 3.05) is 13.7 Å². The standard InChI is InChI=1S/C13H14BrNO3S/c1-8-3-5-11(19-8)10(17-2)7-15-13(16)9-4-6-12(14)18-9/h3-6,10H,7H2,1-2H3,(H,15,16). The number of nitrogens with one attached hydrogen (secondary N) is 1. The second-order valence-corrected chi connectivity index (χ2v) is 6.09. The van der Waals surface area contributed by atoms with E-state index in [0.717, 1.165) is 4.88 Å². The molecule has 2 aromatic rings. The minimum atomic E-state index is -0.249. The zero-order chi connectivity index (χ0) is 13.8. The van der Waals surface area contributed by atoms with Crippen molar-refractivity contribution in [3.63, 3.8) is 0 Å². The molecule has 19 heavy (non-hydrogen) atoms. The average molecular weight is 344 g/mol. The number of methoxy groups -OCH3 is 1. The molecular formula is C13H14BrNO3S. The molecule has 0 aromatic carbocycles. The zero-order valence-electron chi connectivity index (χ0n) is 10.6. The van der Waals surface area contributed by atoms with Crippen molar-refractivity contribution >= 4 is 33.2 Å². The Kier molecular flexibility index (Phi) is 4.79. The monoisotopic (exact) mass is 343 g/mol. The van der Waals surface area contributed by atoms with E-state index in [9.17, 15) is 4.79 Å². The number of carbonyl (C=O) groups is 1. The molecular weight excluding hydrogens is 330 g/mol. The van der Waals surface area contributed by atoms with E-state index in [1.54, 1.807) is 30.6 Å². The fourth-order valence-corrected chi connectivity index (χ4v) is 2.90. The summed E-state index contributed by atoms with van der Waals surface area (Å²) in [6.45, 7) is 2.45. The highest BCUT2D eigenvalue weighted by Gasteiger charge is 2.16. The van der Waals surface area contributed by atoms with Gasteiger partial charge < -0.3 is 14.5 Å².